The molecule has 0 fully saturated rings. The Hall–Kier alpha value is -4.92. The third kappa shape index (κ3) is 4.41. The molecule has 9 heteroatoms. The van der Waals surface area contributed by atoms with Gasteiger partial charge in [-0.2, -0.15) is 0 Å². The van der Waals surface area contributed by atoms with Crippen molar-refractivity contribution in [3.8, 4) is 22.8 Å². The maximum absolute atomic E-state index is 14.1. The highest BCUT2D eigenvalue weighted by Crippen LogP contribution is 2.37. The molecule has 0 aliphatic carbocycles. The minimum atomic E-state index is -0.354. The molecule has 0 atom stereocenters. The summed E-state index contributed by atoms with van der Waals surface area (Å²) >= 11 is 0. The van der Waals surface area contributed by atoms with Gasteiger partial charge in [0.25, 0.3) is 11.8 Å². The third-order valence-electron chi connectivity index (χ3n) is 8.07. The largest absolute Gasteiger partial charge is 0.493 e. The van der Waals surface area contributed by atoms with Gasteiger partial charge in [-0.3, -0.25) is 23.6 Å². The fourth-order valence-corrected chi connectivity index (χ4v) is 6.07. The first-order valence-corrected chi connectivity index (χ1v) is 13.9. The molecule has 0 radical (unpaired) electrons. The van der Waals surface area contributed by atoms with Crippen LogP contribution in [0.25, 0.3) is 11.3 Å². The molecular weight excluding hydrogens is 532 g/mol. The van der Waals surface area contributed by atoms with Crippen LogP contribution in [-0.4, -0.2) is 46.6 Å². The van der Waals surface area contributed by atoms with Crippen LogP contribution in [0, 0.1) is 20.8 Å². The minimum absolute atomic E-state index is 0.0432. The summed E-state index contributed by atoms with van der Waals surface area (Å²) in [6.45, 7) is 6.65. The van der Waals surface area contributed by atoms with Gasteiger partial charge in [0.2, 0.25) is 0 Å². The second-order valence-electron chi connectivity index (χ2n) is 10.8. The number of amides is 2. The fourth-order valence-electron chi connectivity index (χ4n) is 6.07. The Morgan fingerprint density at radius 1 is 0.786 bits per heavy atom. The molecule has 2 amide bonds. The van der Waals surface area contributed by atoms with E-state index in [1.54, 1.807) is 47.6 Å². The number of imide groups is 1. The van der Waals surface area contributed by atoms with E-state index in [1.165, 1.54) is 4.90 Å². The Bertz CT molecular complexity index is 1860. The lowest BCUT2D eigenvalue weighted by Crippen LogP contribution is -2.45. The minimum Gasteiger partial charge on any atom is -0.493 e. The van der Waals surface area contributed by atoms with Gasteiger partial charge in [-0.15, -0.1) is 0 Å². The predicted octanol–water partition coefficient (Wildman–Crippen LogP) is 4.34. The second kappa shape index (κ2) is 10.5. The lowest BCUT2D eigenvalue weighted by Gasteiger charge is -2.25. The van der Waals surface area contributed by atoms with Gasteiger partial charge in [-0.1, -0.05) is 29.8 Å². The summed E-state index contributed by atoms with van der Waals surface area (Å²) < 4.78 is 14.4. The fraction of sp³-hybridized carbons (Fsp3) is 0.273. The van der Waals surface area contributed by atoms with E-state index < -0.39 is 0 Å². The van der Waals surface area contributed by atoms with Gasteiger partial charge < -0.3 is 9.47 Å². The molecule has 4 aromatic rings. The molecule has 0 N–H and O–H groups in total. The van der Waals surface area contributed by atoms with Gasteiger partial charge in [0.15, 0.2) is 11.5 Å². The standard InChI is InChI=1S/C33H32N4O5/c1-19-14-20(2)30(21(3)15-19)34-29-18-26-25-17-28(42-5)27(41-4)16-22(25)10-11-35(26)33(40)36(29)12-13-37-31(38)23-8-6-7-9-24(23)32(37)39/h6-9,14-18H,10-13H2,1-5H3/b34-29+. The smallest absolute Gasteiger partial charge is 0.330 e. The molecule has 6 rings (SSSR count). The molecule has 0 saturated carbocycles. The molecule has 0 unspecified atom stereocenters. The SMILES string of the molecule is COc1cc2c(cc1OC)-c1c/c(=N\c3c(C)cc(C)cc3C)n(CCN3C(=O)c4ccccc4C3=O)c(=O)n1CC2. The summed E-state index contributed by atoms with van der Waals surface area (Å²) in [5.74, 6) is 0.499. The average molecular weight is 565 g/mol. The Kier molecular flexibility index (Phi) is 6.80. The first-order chi connectivity index (χ1) is 20.2. The van der Waals surface area contributed by atoms with Crippen LogP contribution >= 0.6 is 0 Å². The maximum atomic E-state index is 14.1. The number of aryl methyl sites for hydroxylation is 4. The van der Waals surface area contributed by atoms with Crippen molar-refractivity contribution < 1.29 is 19.1 Å². The van der Waals surface area contributed by atoms with Crippen LogP contribution in [0.2, 0.25) is 0 Å². The molecule has 2 aliphatic rings. The van der Waals surface area contributed by atoms with E-state index >= 15 is 0 Å². The van der Waals surface area contributed by atoms with Crippen molar-refractivity contribution in [2.75, 3.05) is 20.8 Å². The molecule has 1 aromatic heterocycles. The molecule has 9 nitrogen and oxygen atoms in total. The van der Waals surface area contributed by atoms with E-state index in [9.17, 15) is 14.4 Å². The highest BCUT2D eigenvalue weighted by molar-refractivity contribution is 6.21. The molecule has 0 bridgehead atoms. The second-order valence-corrected chi connectivity index (χ2v) is 10.8. The van der Waals surface area contributed by atoms with E-state index in [0.717, 1.165) is 39.2 Å². The van der Waals surface area contributed by atoms with Gasteiger partial charge in [0, 0.05) is 31.3 Å². The number of methoxy groups -OCH3 is 2. The van der Waals surface area contributed by atoms with Crippen LogP contribution in [0.15, 0.2) is 64.4 Å². The number of rotatable bonds is 6. The monoisotopic (exact) mass is 564 g/mol. The number of aromatic nitrogens is 2. The zero-order valence-electron chi connectivity index (χ0n) is 24.4. The highest BCUT2D eigenvalue weighted by atomic mass is 16.5. The first kappa shape index (κ1) is 27.3. The summed E-state index contributed by atoms with van der Waals surface area (Å²) in [5.41, 5.74) is 7.48. The predicted molar refractivity (Wildman–Crippen MR) is 159 cm³/mol. The van der Waals surface area contributed by atoms with Crippen LogP contribution in [0.5, 0.6) is 11.5 Å². The van der Waals surface area contributed by atoms with Crippen LogP contribution in [0.3, 0.4) is 0 Å². The van der Waals surface area contributed by atoms with Crippen LogP contribution in [-0.2, 0) is 19.5 Å². The van der Waals surface area contributed by atoms with Gasteiger partial charge >= 0.3 is 5.69 Å². The molecular formula is C33H32N4O5. The van der Waals surface area contributed by atoms with Gasteiger partial charge in [-0.25, -0.2) is 9.79 Å². The summed E-state index contributed by atoms with van der Waals surface area (Å²) in [6, 6.07) is 16.7. The zero-order valence-corrected chi connectivity index (χ0v) is 24.4. The highest BCUT2D eigenvalue weighted by Gasteiger charge is 2.35. The van der Waals surface area contributed by atoms with Crippen molar-refractivity contribution >= 4 is 17.5 Å². The van der Waals surface area contributed by atoms with Crippen molar-refractivity contribution in [1.29, 1.82) is 0 Å². The molecule has 3 aromatic carbocycles. The molecule has 0 saturated heterocycles. The lowest BCUT2D eigenvalue weighted by atomic mass is 9.97. The molecule has 2 aliphatic heterocycles. The first-order valence-electron chi connectivity index (χ1n) is 13.9. The number of hydrogen-bond acceptors (Lipinski definition) is 6. The summed E-state index contributed by atoms with van der Waals surface area (Å²) in [4.78, 5) is 46.5. The Labute approximate surface area is 243 Å². The van der Waals surface area contributed by atoms with Crippen molar-refractivity contribution in [3.05, 3.63) is 104 Å². The lowest BCUT2D eigenvalue weighted by molar-refractivity contribution is 0.0647. The van der Waals surface area contributed by atoms with Crippen LogP contribution in [0.1, 0.15) is 43.0 Å². The average Bonchev–Trinajstić information content (AvgIpc) is 3.22. The van der Waals surface area contributed by atoms with Gasteiger partial charge in [-0.05, 0) is 68.1 Å². The van der Waals surface area contributed by atoms with Crippen molar-refractivity contribution in [2.45, 2.75) is 40.3 Å². The summed E-state index contributed by atoms with van der Waals surface area (Å²) in [6.07, 6.45) is 0.633. The van der Waals surface area contributed by atoms with E-state index in [2.05, 4.69) is 12.1 Å². The van der Waals surface area contributed by atoms with Crippen LogP contribution in [0.4, 0.5) is 5.69 Å². The molecule has 0 spiro atoms. The van der Waals surface area contributed by atoms with Crippen molar-refractivity contribution in [3.63, 3.8) is 0 Å². The number of fused-ring (bicyclic) bond motifs is 4. The number of benzene rings is 3. The van der Waals surface area contributed by atoms with E-state index in [0.29, 0.717) is 41.1 Å². The van der Waals surface area contributed by atoms with E-state index in [1.807, 2.05) is 39.0 Å². The third-order valence-corrected chi connectivity index (χ3v) is 8.07. The number of ether oxygens (including phenoxy) is 2. The van der Waals surface area contributed by atoms with Gasteiger partial charge in [0.05, 0.1) is 36.7 Å². The van der Waals surface area contributed by atoms with Crippen molar-refractivity contribution in [2.24, 2.45) is 4.99 Å². The van der Waals surface area contributed by atoms with Crippen molar-refractivity contribution in [1.82, 2.24) is 14.0 Å². The Morgan fingerprint density at radius 3 is 2.02 bits per heavy atom. The van der Waals surface area contributed by atoms with E-state index in [-0.39, 0.29) is 30.6 Å². The normalized spacial score (nSPS) is 14.1. The maximum Gasteiger partial charge on any atom is 0.330 e. The Balaban J connectivity index is 1.51. The zero-order chi connectivity index (χ0) is 29.7. The molecule has 214 valence electrons. The number of carbonyl (C=O) groups is 2. The molecule has 42 heavy (non-hydrogen) atoms. The number of hydrogen-bond donors (Lipinski definition) is 0. The van der Waals surface area contributed by atoms with E-state index in [4.69, 9.17) is 14.5 Å². The molecule has 3 heterocycles. The summed E-state index contributed by atoms with van der Waals surface area (Å²) in [7, 11) is 3.19. The topological polar surface area (TPSA) is 95.1 Å². The van der Waals surface area contributed by atoms with Gasteiger partial charge in [0.1, 0.15) is 5.49 Å². The quantitative estimate of drug-likeness (QED) is 0.325. The Morgan fingerprint density at radius 2 is 1.40 bits per heavy atom. The number of nitrogens with zero attached hydrogens (tertiary/aromatic N) is 4. The van der Waals surface area contributed by atoms with Crippen LogP contribution < -0.4 is 20.7 Å². The summed E-state index contributed by atoms with van der Waals surface area (Å²) in [5, 5.41) is 0. The number of carbonyl (C=O) groups excluding carboxylic acids is 2.